The van der Waals surface area contributed by atoms with Crippen LogP contribution < -0.4 is 4.57 Å². The molecule has 11 nitrogen and oxygen atoms in total. The molecule has 4 rings (SSSR count). The first kappa shape index (κ1) is 16.9. The van der Waals surface area contributed by atoms with Gasteiger partial charge in [0, 0.05) is 18.7 Å². The van der Waals surface area contributed by atoms with Crippen LogP contribution in [0.2, 0.25) is 0 Å². The number of aryl methyl sites for hydroxylation is 1. The number of rotatable bonds is 4. The number of aromatic nitrogens is 3. The molecule has 2 amide bonds. The largest absolute Gasteiger partial charge is 0.418 e. The molecule has 1 N–H and O–H groups in total. The van der Waals surface area contributed by atoms with Gasteiger partial charge in [-0.1, -0.05) is 0 Å². The summed E-state index contributed by atoms with van der Waals surface area (Å²) in [5.74, 6) is 0.606. The predicted molar refractivity (Wildman–Crippen MR) is 83.2 cm³/mol. The number of hydrogen-bond acceptors (Lipinski definition) is 7. The Hall–Kier alpha value is -2.57. The Morgan fingerprint density at radius 3 is 2.73 bits per heavy atom. The Morgan fingerprint density at radius 1 is 1.31 bits per heavy atom. The molecular formula is C14H16N5O6S+. The molecular weight excluding hydrogens is 366 g/mol. The van der Waals surface area contributed by atoms with E-state index in [-0.39, 0.29) is 12.4 Å². The maximum atomic E-state index is 12.4. The minimum atomic E-state index is -4.77. The number of hydroxylamine groups is 2. The predicted octanol–water partition coefficient (Wildman–Crippen LogP) is 0.237. The van der Waals surface area contributed by atoms with Crippen molar-refractivity contribution in [3.63, 3.8) is 0 Å². The monoisotopic (exact) mass is 382 g/mol. The first-order chi connectivity index (χ1) is 12.3. The van der Waals surface area contributed by atoms with Crippen LogP contribution in [0.4, 0.5) is 4.79 Å². The average Bonchev–Trinajstić information content (AvgIpc) is 3.15. The molecule has 2 fully saturated rings. The third-order valence-electron chi connectivity index (χ3n) is 4.45. The summed E-state index contributed by atoms with van der Waals surface area (Å²) in [7, 11) is -2.88. The fourth-order valence-corrected chi connectivity index (χ4v) is 3.61. The van der Waals surface area contributed by atoms with Crippen LogP contribution in [0.25, 0.3) is 11.5 Å². The van der Waals surface area contributed by atoms with Crippen LogP contribution in [0.3, 0.4) is 0 Å². The van der Waals surface area contributed by atoms with Gasteiger partial charge in [0.2, 0.25) is 11.8 Å². The maximum absolute atomic E-state index is 12.4. The van der Waals surface area contributed by atoms with Gasteiger partial charge in [-0.2, -0.15) is 13.5 Å². The van der Waals surface area contributed by atoms with E-state index in [1.807, 2.05) is 36.1 Å². The molecule has 2 aromatic heterocycles. The van der Waals surface area contributed by atoms with Crippen molar-refractivity contribution in [2.45, 2.75) is 24.9 Å². The number of nitrogens with zero attached hydrogens (tertiary/aromatic N) is 5. The van der Waals surface area contributed by atoms with E-state index in [9.17, 15) is 13.2 Å². The molecule has 12 heteroatoms. The second-order valence-electron chi connectivity index (χ2n) is 6.21. The third kappa shape index (κ3) is 3.02. The second kappa shape index (κ2) is 6.00. The summed E-state index contributed by atoms with van der Waals surface area (Å²) < 4.78 is 42.7. The first-order valence-electron chi connectivity index (χ1n) is 7.88. The fraction of sp³-hybridized carbons (Fsp3) is 0.429. The van der Waals surface area contributed by atoms with Crippen LogP contribution in [-0.4, -0.2) is 51.7 Å². The van der Waals surface area contributed by atoms with Crippen LogP contribution in [0.1, 0.15) is 24.8 Å². The maximum Gasteiger partial charge on any atom is 0.418 e. The SMILES string of the molecule is C[n+]1ccc(-c2nnc([C@@H]3CC[C@H]4CN3C(=O)N4OS(=O)(=O)O)o2)cc1. The molecule has 0 unspecified atom stereocenters. The molecule has 0 aromatic carbocycles. The smallest absolute Gasteiger partial charge is 0.418 e. The molecule has 2 aliphatic heterocycles. The van der Waals surface area contributed by atoms with Gasteiger partial charge in [-0.3, -0.25) is 4.55 Å². The molecule has 0 spiro atoms. The van der Waals surface area contributed by atoms with Crippen molar-refractivity contribution < 1.29 is 31.0 Å². The van der Waals surface area contributed by atoms with E-state index in [4.69, 9.17) is 8.97 Å². The summed E-state index contributed by atoms with van der Waals surface area (Å²) in [5, 5.41) is 8.76. The number of carbonyl (C=O) groups is 1. The quantitative estimate of drug-likeness (QED) is 0.588. The molecule has 26 heavy (non-hydrogen) atoms. The Labute approximate surface area is 148 Å². The molecule has 138 valence electrons. The molecule has 2 aromatic rings. The van der Waals surface area contributed by atoms with Gasteiger partial charge in [0.05, 0.1) is 11.6 Å². The highest BCUT2D eigenvalue weighted by molar-refractivity contribution is 7.80. The van der Waals surface area contributed by atoms with Crippen molar-refractivity contribution in [1.82, 2.24) is 20.2 Å². The molecule has 2 aliphatic rings. The van der Waals surface area contributed by atoms with E-state index in [0.717, 1.165) is 5.56 Å². The van der Waals surface area contributed by atoms with Crippen LogP contribution in [0.15, 0.2) is 28.9 Å². The van der Waals surface area contributed by atoms with E-state index in [0.29, 0.717) is 23.8 Å². The zero-order chi connectivity index (χ0) is 18.5. The highest BCUT2D eigenvalue weighted by atomic mass is 32.3. The van der Waals surface area contributed by atoms with Gasteiger partial charge >= 0.3 is 16.4 Å². The number of hydrogen-bond donors (Lipinski definition) is 1. The minimum Gasteiger partial charge on any atom is -0.418 e. The third-order valence-corrected chi connectivity index (χ3v) is 4.80. The van der Waals surface area contributed by atoms with E-state index in [1.165, 1.54) is 4.90 Å². The normalized spacial score (nSPS) is 22.9. The number of piperidine rings is 1. The number of fused-ring (bicyclic) bond motifs is 2. The Balaban J connectivity index is 1.57. The number of amides is 2. The van der Waals surface area contributed by atoms with Crippen LogP contribution in [0, 0.1) is 0 Å². The Bertz CT molecular complexity index is 943. The molecule has 2 atom stereocenters. The summed E-state index contributed by atoms with van der Waals surface area (Å²) in [5.41, 5.74) is 0.750. The van der Waals surface area contributed by atoms with Gasteiger partial charge in [0.15, 0.2) is 12.4 Å². The lowest BCUT2D eigenvalue weighted by Crippen LogP contribution is -2.35. The van der Waals surface area contributed by atoms with E-state index < -0.39 is 28.5 Å². The Morgan fingerprint density at radius 2 is 2.04 bits per heavy atom. The highest BCUT2D eigenvalue weighted by Crippen LogP contribution is 2.38. The van der Waals surface area contributed by atoms with Crippen molar-refractivity contribution in [3.05, 3.63) is 30.4 Å². The summed E-state index contributed by atoms with van der Waals surface area (Å²) in [4.78, 5) is 13.8. The lowest BCUT2D eigenvalue weighted by molar-refractivity contribution is -0.671. The van der Waals surface area contributed by atoms with Gasteiger partial charge in [-0.05, 0) is 12.8 Å². The average molecular weight is 382 g/mol. The Kier molecular flexibility index (Phi) is 3.89. The first-order valence-corrected chi connectivity index (χ1v) is 9.24. The van der Waals surface area contributed by atoms with Gasteiger partial charge < -0.3 is 9.32 Å². The van der Waals surface area contributed by atoms with Crippen molar-refractivity contribution in [1.29, 1.82) is 0 Å². The molecule has 0 saturated carbocycles. The van der Waals surface area contributed by atoms with Crippen molar-refractivity contribution in [2.75, 3.05) is 6.54 Å². The molecule has 2 bridgehead atoms. The number of urea groups is 1. The zero-order valence-electron chi connectivity index (χ0n) is 13.7. The lowest BCUT2D eigenvalue weighted by atomic mass is 10.0. The number of carbonyl (C=O) groups excluding carboxylic acids is 1. The van der Waals surface area contributed by atoms with Crippen LogP contribution >= 0.6 is 0 Å². The molecule has 0 radical (unpaired) electrons. The summed E-state index contributed by atoms with van der Waals surface area (Å²) in [6.45, 7) is 0.248. The summed E-state index contributed by atoms with van der Waals surface area (Å²) >= 11 is 0. The van der Waals surface area contributed by atoms with Crippen molar-refractivity contribution >= 4 is 16.4 Å². The summed E-state index contributed by atoms with van der Waals surface area (Å²) in [6, 6.07) is 2.06. The van der Waals surface area contributed by atoms with Gasteiger partial charge in [0.25, 0.3) is 0 Å². The fourth-order valence-electron chi connectivity index (χ4n) is 3.22. The standard InChI is InChI=1S/C14H15N5O6S/c1-17-6-4-9(5-7-17)12-15-16-13(24-12)11-3-2-10-8-18(11)14(20)19(10)25-26(21,22)23/h4-7,10-11H,2-3,8H2,1H3/p+1/t10-,11-/m0/s1. The van der Waals surface area contributed by atoms with Crippen molar-refractivity contribution in [3.8, 4) is 11.5 Å². The molecule has 2 saturated heterocycles. The summed E-state index contributed by atoms with van der Waals surface area (Å²) in [6.07, 6.45) is 4.67. The molecule has 0 aliphatic carbocycles. The minimum absolute atomic E-state index is 0.248. The van der Waals surface area contributed by atoms with Crippen LogP contribution in [0.5, 0.6) is 0 Å². The lowest BCUT2D eigenvalue weighted by Gasteiger charge is -2.27. The van der Waals surface area contributed by atoms with Crippen LogP contribution in [-0.2, 0) is 21.7 Å². The number of pyridine rings is 1. The van der Waals surface area contributed by atoms with E-state index in [1.54, 1.807) is 0 Å². The van der Waals surface area contributed by atoms with E-state index in [2.05, 4.69) is 14.5 Å². The van der Waals surface area contributed by atoms with Gasteiger partial charge in [-0.25, -0.2) is 9.36 Å². The zero-order valence-corrected chi connectivity index (χ0v) is 14.5. The second-order valence-corrected chi connectivity index (χ2v) is 7.21. The molecule has 4 heterocycles. The van der Waals surface area contributed by atoms with Gasteiger partial charge in [-0.15, -0.1) is 14.5 Å². The van der Waals surface area contributed by atoms with Gasteiger partial charge in [0.1, 0.15) is 13.1 Å². The van der Waals surface area contributed by atoms with E-state index >= 15 is 0 Å². The van der Waals surface area contributed by atoms with Crippen molar-refractivity contribution in [2.24, 2.45) is 7.05 Å². The topological polar surface area (TPSA) is 130 Å². The highest BCUT2D eigenvalue weighted by Gasteiger charge is 2.49.